The molecule has 0 saturated heterocycles. The molecule has 26 heavy (non-hydrogen) atoms. The molecule has 134 valence electrons. The number of carbonyl (C=O) groups excluding carboxylic acids is 1. The number of rotatable bonds is 6. The zero-order valence-electron chi connectivity index (χ0n) is 14.3. The Morgan fingerprint density at radius 3 is 2.81 bits per heavy atom. The first-order valence-corrected chi connectivity index (χ1v) is 8.69. The third-order valence-corrected chi connectivity index (χ3v) is 4.19. The van der Waals surface area contributed by atoms with E-state index >= 15 is 0 Å². The Kier molecular flexibility index (Phi) is 5.52. The minimum absolute atomic E-state index is 0.278. The van der Waals surface area contributed by atoms with Crippen molar-refractivity contribution in [1.29, 1.82) is 0 Å². The molecule has 0 aliphatic carbocycles. The molecule has 1 aromatic heterocycles. The van der Waals surface area contributed by atoms with Crippen LogP contribution in [0.15, 0.2) is 53.5 Å². The van der Waals surface area contributed by atoms with Gasteiger partial charge in [0.25, 0.3) is 5.91 Å². The van der Waals surface area contributed by atoms with Crippen molar-refractivity contribution in [3.8, 4) is 17.2 Å². The maximum Gasteiger partial charge on any atom is 0.255 e. The topological polar surface area (TPSA) is 78.3 Å². The predicted molar refractivity (Wildman–Crippen MR) is 101 cm³/mol. The maximum absolute atomic E-state index is 12.8. The van der Waals surface area contributed by atoms with E-state index in [1.54, 1.807) is 29.2 Å². The number of para-hydroxylation sites is 2. The van der Waals surface area contributed by atoms with E-state index in [-0.39, 0.29) is 5.91 Å². The number of amides is 1. The standard InChI is InChI=1S/C18H17BrN4O3/c1-3-26-17-13(19)8-12(9-16(17)25-2)18(24)22-14-6-4-5-7-15(14)23-11-20-10-21-23/h4-11H,3H2,1-2H3,(H,22,24). The first-order valence-electron chi connectivity index (χ1n) is 7.89. The van der Waals surface area contributed by atoms with Gasteiger partial charge in [-0.3, -0.25) is 4.79 Å². The molecule has 3 aromatic rings. The summed E-state index contributed by atoms with van der Waals surface area (Å²) in [6.45, 7) is 2.37. The molecule has 0 atom stereocenters. The third kappa shape index (κ3) is 3.70. The Morgan fingerprint density at radius 2 is 2.12 bits per heavy atom. The van der Waals surface area contributed by atoms with Crippen LogP contribution in [0.5, 0.6) is 11.5 Å². The second-order valence-corrected chi connectivity index (χ2v) is 6.09. The van der Waals surface area contributed by atoms with Crippen LogP contribution in [-0.2, 0) is 0 Å². The molecule has 8 heteroatoms. The summed E-state index contributed by atoms with van der Waals surface area (Å²) in [4.78, 5) is 16.7. The quantitative estimate of drug-likeness (QED) is 0.662. The minimum atomic E-state index is -0.278. The van der Waals surface area contributed by atoms with E-state index < -0.39 is 0 Å². The summed E-state index contributed by atoms with van der Waals surface area (Å²) in [5.74, 6) is 0.769. The summed E-state index contributed by atoms with van der Waals surface area (Å²) in [6.07, 6.45) is 3.01. The molecular formula is C18H17BrN4O3. The number of nitrogens with zero attached hydrogens (tertiary/aromatic N) is 3. The van der Waals surface area contributed by atoms with Crippen LogP contribution in [0.1, 0.15) is 17.3 Å². The molecule has 0 radical (unpaired) electrons. The van der Waals surface area contributed by atoms with Crippen LogP contribution in [0.4, 0.5) is 5.69 Å². The van der Waals surface area contributed by atoms with Crippen LogP contribution in [0, 0.1) is 0 Å². The van der Waals surface area contributed by atoms with Crippen molar-refractivity contribution in [2.45, 2.75) is 6.92 Å². The first kappa shape index (κ1) is 17.9. The fraction of sp³-hybridized carbons (Fsp3) is 0.167. The molecule has 1 amide bonds. The number of benzene rings is 2. The molecule has 3 rings (SSSR count). The van der Waals surface area contributed by atoms with Gasteiger partial charge in [-0.15, -0.1) is 0 Å². The van der Waals surface area contributed by atoms with Gasteiger partial charge in [-0.2, -0.15) is 5.10 Å². The summed E-state index contributed by atoms with van der Waals surface area (Å²) in [6, 6.07) is 10.7. The van der Waals surface area contributed by atoms with Crippen molar-refractivity contribution in [2.75, 3.05) is 19.0 Å². The molecule has 0 saturated carbocycles. The van der Waals surface area contributed by atoms with Gasteiger partial charge in [0.2, 0.25) is 0 Å². The van der Waals surface area contributed by atoms with Gasteiger partial charge >= 0.3 is 0 Å². The molecule has 0 aliphatic rings. The molecular weight excluding hydrogens is 400 g/mol. The highest BCUT2D eigenvalue weighted by molar-refractivity contribution is 9.10. The molecule has 0 bridgehead atoms. The van der Waals surface area contributed by atoms with Crippen molar-refractivity contribution in [3.63, 3.8) is 0 Å². The molecule has 0 spiro atoms. The fourth-order valence-electron chi connectivity index (χ4n) is 2.44. The minimum Gasteiger partial charge on any atom is -0.493 e. The molecule has 0 unspecified atom stereocenters. The summed E-state index contributed by atoms with van der Waals surface area (Å²) in [7, 11) is 1.53. The Hall–Kier alpha value is -2.87. The largest absolute Gasteiger partial charge is 0.493 e. The number of aromatic nitrogens is 3. The van der Waals surface area contributed by atoms with Gasteiger partial charge in [0, 0.05) is 5.56 Å². The average molecular weight is 417 g/mol. The van der Waals surface area contributed by atoms with Crippen molar-refractivity contribution >= 4 is 27.5 Å². The van der Waals surface area contributed by atoms with Gasteiger partial charge in [0.15, 0.2) is 11.5 Å². The zero-order chi connectivity index (χ0) is 18.5. The van der Waals surface area contributed by atoms with E-state index in [4.69, 9.17) is 9.47 Å². The Morgan fingerprint density at radius 1 is 1.31 bits per heavy atom. The highest BCUT2D eigenvalue weighted by Crippen LogP contribution is 2.37. The maximum atomic E-state index is 12.8. The second-order valence-electron chi connectivity index (χ2n) is 5.23. The normalized spacial score (nSPS) is 10.4. The van der Waals surface area contributed by atoms with Crippen LogP contribution >= 0.6 is 15.9 Å². The molecule has 7 nitrogen and oxygen atoms in total. The van der Waals surface area contributed by atoms with Crippen molar-refractivity contribution in [1.82, 2.24) is 14.8 Å². The Balaban J connectivity index is 1.91. The highest BCUT2D eigenvalue weighted by atomic mass is 79.9. The lowest BCUT2D eigenvalue weighted by molar-refractivity contribution is 0.102. The number of carbonyl (C=O) groups is 1. The number of hydrogen-bond donors (Lipinski definition) is 1. The van der Waals surface area contributed by atoms with Crippen molar-refractivity contribution < 1.29 is 14.3 Å². The van der Waals surface area contributed by atoms with E-state index in [0.717, 1.165) is 5.69 Å². The van der Waals surface area contributed by atoms with Gasteiger partial charge in [-0.1, -0.05) is 12.1 Å². The molecule has 2 aromatic carbocycles. The SMILES string of the molecule is CCOc1c(Br)cc(C(=O)Nc2ccccc2-n2cncn2)cc1OC. The monoisotopic (exact) mass is 416 g/mol. The number of nitrogens with one attached hydrogen (secondary N) is 1. The van der Waals surface area contributed by atoms with Crippen molar-refractivity contribution in [3.05, 3.63) is 59.1 Å². The van der Waals surface area contributed by atoms with Crippen LogP contribution in [0.25, 0.3) is 5.69 Å². The lowest BCUT2D eigenvalue weighted by atomic mass is 10.1. The van der Waals surface area contributed by atoms with Crippen LogP contribution < -0.4 is 14.8 Å². The number of halogens is 1. The number of hydrogen-bond acceptors (Lipinski definition) is 5. The van der Waals surface area contributed by atoms with Gasteiger partial charge in [-0.05, 0) is 47.1 Å². The summed E-state index contributed by atoms with van der Waals surface area (Å²) in [5.41, 5.74) is 1.77. The van der Waals surface area contributed by atoms with Gasteiger partial charge in [0.05, 0.1) is 29.6 Å². The van der Waals surface area contributed by atoms with Gasteiger partial charge in [-0.25, -0.2) is 9.67 Å². The lowest BCUT2D eigenvalue weighted by Gasteiger charge is -2.14. The van der Waals surface area contributed by atoms with Crippen LogP contribution in [0.2, 0.25) is 0 Å². The number of ether oxygens (including phenoxy) is 2. The molecule has 0 aliphatic heterocycles. The second kappa shape index (κ2) is 8.01. The molecule has 0 fully saturated rings. The zero-order valence-corrected chi connectivity index (χ0v) is 15.9. The molecule has 1 heterocycles. The van der Waals surface area contributed by atoms with E-state index in [9.17, 15) is 4.79 Å². The predicted octanol–water partition coefficient (Wildman–Crippen LogP) is 3.69. The van der Waals surface area contributed by atoms with E-state index in [0.29, 0.717) is 33.8 Å². The van der Waals surface area contributed by atoms with Gasteiger partial charge in [0.1, 0.15) is 12.7 Å². The van der Waals surface area contributed by atoms with Crippen LogP contribution in [0.3, 0.4) is 0 Å². The van der Waals surface area contributed by atoms with E-state index in [2.05, 4.69) is 31.3 Å². The van der Waals surface area contributed by atoms with Crippen molar-refractivity contribution in [2.24, 2.45) is 0 Å². The third-order valence-electron chi connectivity index (χ3n) is 3.60. The van der Waals surface area contributed by atoms with E-state index in [1.165, 1.54) is 13.4 Å². The number of anilines is 1. The average Bonchev–Trinajstić information content (AvgIpc) is 3.18. The summed E-state index contributed by atoms with van der Waals surface area (Å²) in [5, 5.41) is 7.01. The smallest absolute Gasteiger partial charge is 0.255 e. The highest BCUT2D eigenvalue weighted by Gasteiger charge is 2.16. The lowest BCUT2D eigenvalue weighted by Crippen LogP contribution is -2.14. The molecule has 1 N–H and O–H groups in total. The van der Waals surface area contributed by atoms with Crippen LogP contribution in [-0.4, -0.2) is 34.4 Å². The fourth-order valence-corrected chi connectivity index (χ4v) is 3.00. The summed E-state index contributed by atoms with van der Waals surface area (Å²) < 4.78 is 13.1. The Labute approximate surface area is 159 Å². The first-order chi connectivity index (χ1) is 12.6. The Bertz CT molecular complexity index is 913. The summed E-state index contributed by atoms with van der Waals surface area (Å²) >= 11 is 3.43. The van der Waals surface area contributed by atoms with E-state index in [1.807, 2.05) is 25.1 Å². The van der Waals surface area contributed by atoms with Gasteiger partial charge < -0.3 is 14.8 Å². The number of methoxy groups -OCH3 is 1.